The molecule has 1 aromatic heterocycles. The van der Waals surface area contributed by atoms with E-state index in [4.69, 9.17) is 9.84 Å². The number of hydrogen-bond donors (Lipinski definition) is 2. The van der Waals surface area contributed by atoms with Crippen LogP contribution in [0.15, 0.2) is 81.7 Å². The summed E-state index contributed by atoms with van der Waals surface area (Å²) in [6.07, 6.45) is -4.82. The Morgan fingerprint density at radius 1 is 0.919 bits per heavy atom. The standard InChI is InChI=1S/C19H15BrF3NO3.C7H5BrO2/c20-14-10-13(16-11-12-4-1-2-5-15(12)24-16)6-7-17(14)26-8-3-9-27-18(25)19(21,22)23;8-6-3-1-5(2-4-6)7(9)10/h1-2,4-7,10-11,24H,3,8-9H2;1-4H,(H,9,10). The topological polar surface area (TPSA) is 88.6 Å². The third-order valence-electron chi connectivity index (χ3n) is 4.87. The van der Waals surface area contributed by atoms with Crippen LogP contribution in [0.2, 0.25) is 0 Å². The van der Waals surface area contributed by atoms with Crippen molar-refractivity contribution in [3.8, 4) is 17.0 Å². The number of benzene rings is 3. The number of aromatic amines is 1. The molecule has 0 fully saturated rings. The minimum absolute atomic E-state index is 0.121. The van der Waals surface area contributed by atoms with Crippen LogP contribution < -0.4 is 4.74 Å². The van der Waals surface area contributed by atoms with Gasteiger partial charge in [0.2, 0.25) is 0 Å². The Morgan fingerprint density at radius 2 is 1.62 bits per heavy atom. The molecule has 0 aliphatic heterocycles. The molecule has 6 nitrogen and oxygen atoms in total. The van der Waals surface area contributed by atoms with E-state index in [9.17, 15) is 22.8 Å². The molecular weight excluding hydrogens is 623 g/mol. The number of nitrogens with one attached hydrogen (secondary N) is 1. The molecule has 37 heavy (non-hydrogen) atoms. The number of carbonyl (C=O) groups is 2. The summed E-state index contributed by atoms with van der Waals surface area (Å²) in [5.41, 5.74) is 3.27. The molecule has 4 aromatic rings. The number of fused-ring (bicyclic) bond motifs is 1. The largest absolute Gasteiger partial charge is 0.492 e. The molecule has 1 heterocycles. The lowest BCUT2D eigenvalue weighted by atomic mass is 10.1. The molecule has 0 radical (unpaired) electrons. The highest BCUT2D eigenvalue weighted by Gasteiger charge is 2.40. The van der Waals surface area contributed by atoms with Crippen LogP contribution in [-0.2, 0) is 9.53 Å². The molecule has 194 valence electrons. The minimum atomic E-state index is -4.97. The summed E-state index contributed by atoms with van der Waals surface area (Å²) in [7, 11) is 0. The maximum Gasteiger partial charge on any atom is 0.490 e. The second kappa shape index (κ2) is 12.8. The van der Waals surface area contributed by atoms with Crippen LogP contribution in [0.5, 0.6) is 5.75 Å². The lowest BCUT2D eigenvalue weighted by molar-refractivity contribution is -0.199. The summed E-state index contributed by atoms with van der Waals surface area (Å²) in [6, 6.07) is 22.0. The van der Waals surface area contributed by atoms with Crippen LogP contribution in [0.3, 0.4) is 0 Å². The maximum absolute atomic E-state index is 12.0. The van der Waals surface area contributed by atoms with E-state index in [-0.39, 0.29) is 19.6 Å². The number of ether oxygens (including phenoxy) is 2. The smallest absolute Gasteiger partial charge is 0.490 e. The third-order valence-corrected chi connectivity index (χ3v) is 6.02. The van der Waals surface area contributed by atoms with E-state index in [1.54, 1.807) is 30.3 Å². The number of para-hydroxylation sites is 1. The molecule has 2 N–H and O–H groups in total. The molecule has 0 amide bonds. The van der Waals surface area contributed by atoms with E-state index < -0.39 is 18.1 Å². The third kappa shape index (κ3) is 8.36. The molecule has 0 atom stereocenters. The van der Waals surface area contributed by atoms with Gasteiger partial charge in [0.15, 0.2) is 0 Å². The number of esters is 1. The first-order valence-corrected chi connectivity index (χ1v) is 12.4. The van der Waals surface area contributed by atoms with Crippen molar-refractivity contribution < 1.29 is 37.3 Å². The average molecular weight is 643 g/mol. The van der Waals surface area contributed by atoms with Gasteiger partial charge in [-0.25, -0.2) is 9.59 Å². The van der Waals surface area contributed by atoms with Crippen molar-refractivity contribution in [2.75, 3.05) is 13.2 Å². The van der Waals surface area contributed by atoms with E-state index in [0.717, 1.165) is 26.6 Å². The molecule has 3 aromatic carbocycles. The summed E-state index contributed by atoms with van der Waals surface area (Å²) in [5, 5.41) is 9.57. The first-order chi connectivity index (χ1) is 17.5. The molecule has 0 aliphatic carbocycles. The molecule has 0 saturated heterocycles. The van der Waals surface area contributed by atoms with Gasteiger partial charge in [-0.2, -0.15) is 13.2 Å². The first kappa shape index (κ1) is 28.3. The Labute approximate surface area is 226 Å². The number of H-pyrrole nitrogens is 1. The van der Waals surface area contributed by atoms with Gasteiger partial charge in [0.1, 0.15) is 5.75 Å². The number of alkyl halides is 3. The Hall–Kier alpha value is -3.31. The SMILES string of the molecule is O=C(O)c1ccc(Br)cc1.O=C(OCCCOc1ccc(-c2cc3ccccc3[nH]2)cc1Br)C(F)(F)F. The van der Waals surface area contributed by atoms with Gasteiger partial charge in [0.05, 0.1) is 23.2 Å². The summed E-state index contributed by atoms with van der Waals surface area (Å²) >= 11 is 6.64. The van der Waals surface area contributed by atoms with Crippen LogP contribution in [0.1, 0.15) is 16.8 Å². The van der Waals surface area contributed by atoms with E-state index in [2.05, 4.69) is 41.6 Å². The van der Waals surface area contributed by atoms with E-state index >= 15 is 0 Å². The number of rotatable bonds is 7. The van der Waals surface area contributed by atoms with E-state index in [1.807, 2.05) is 42.5 Å². The van der Waals surface area contributed by atoms with Crippen molar-refractivity contribution in [2.24, 2.45) is 0 Å². The molecular formula is C26H20Br2F3NO5. The summed E-state index contributed by atoms with van der Waals surface area (Å²) in [6.45, 7) is -0.238. The van der Waals surface area contributed by atoms with Crippen molar-refractivity contribution >= 4 is 54.7 Å². The fraction of sp³-hybridized carbons (Fsp3) is 0.154. The Balaban J connectivity index is 0.000000319. The second-order valence-electron chi connectivity index (χ2n) is 7.56. The normalized spacial score (nSPS) is 10.9. The quantitative estimate of drug-likeness (QED) is 0.160. The van der Waals surface area contributed by atoms with Gasteiger partial charge in [0.25, 0.3) is 0 Å². The highest BCUT2D eigenvalue weighted by atomic mass is 79.9. The predicted molar refractivity (Wildman–Crippen MR) is 140 cm³/mol. The number of aromatic carboxylic acids is 1. The zero-order chi connectivity index (χ0) is 27.0. The van der Waals surface area contributed by atoms with Crippen molar-refractivity contribution in [1.82, 2.24) is 4.98 Å². The Kier molecular flexibility index (Phi) is 9.76. The summed E-state index contributed by atoms with van der Waals surface area (Å²) < 4.78 is 47.3. The molecule has 11 heteroatoms. The van der Waals surface area contributed by atoms with Crippen molar-refractivity contribution in [3.05, 3.63) is 87.3 Å². The van der Waals surface area contributed by atoms with E-state index in [1.165, 1.54) is 0 Å². The predicted octanol–water partition coefficient (Wildman–Crippen LogP) is 7.62. The van der Waals surface area contributed by atoms with Crippen LogP contribution in [-0.4, -0.2) is 41.4 Å². The average Bonchev–Trinajstić information content (AvgIpc) is 3.29. The van der Waals surface area contributed by atoms with Crippen molar-refractivity contribution in [2.45, 2.75) is 12.6 Å². The second-order valence-corrected chi connectivity index (χ2v) is 9.33. The number of halogens is 5. The number of hydrogen-bond acceptors (Lipinski definition) is 4. The Bertz CT molecular complexity index is 1340. The number of carboxylic acid groups (broad SMARTS) is 1. The zero-order valence-electron chi connectivity index (χ0n) is 19.0. The van der Waals surface area contributed by atoms with Crippen molar-refractivity contribution in [1.29, 1.82) is 0 Å². The van der Waals surface area contributed by atoms with Gasteiger partial charge in [-0.05, 0) is 76.1 Å². The van der Waals surface area contributed by atoms with Gasteiger partial charge in [-0.1, -0.05) is 34.1 Å². The fourth-order valence-electron chi connectivity index (χ4n) is 3.09. The van der Waals surface area contributed by atoms with Gasteiger partial charge in [-0.3, -0.25) is 0 Å². The lowest BCUT2D eigenvalue weighted by Gasteiger charge is -2.10. The summed E-state index contributed by atoms with van der Waals surface area (Å²) in [4.78, 5) is 24.2. The van der Waals surface area contributed by atoms with Crippen LogP contribution in [0.25, 0.3) is 22.2 Å². The molecule has 0 spiro atoms. The molecule has 0 bridgehead atoms. The highest BCUT2D eigenvalue weighted by molar-refractivity contribution is 9.10. The maximum atomic E-state index is 12.0. The first-order valence-electron chi connectivity index (χ1n) is 10.8. The molecule has 0 unspecified atom stereocenters. The van der Waals surface area contributed by atoms with Crippen LogP contribution >= 0.6 is 31.9 Å². The fourth-order valence-corrected chi connectivity index (χ4v) is 3.85. The van der Waals surface area contributed by atoms with Gasteiger partial charge >= 0.3 is 18.1 Å². The molecule has 0 aliphatic rings. The van der Waals surface area contributed by atoms with E-state index in [0.29, 0.717) is 15.8 Å². The number of carboxylic acids is 1. The highest BCUT2D eigenvalue weighted by Crippen LogP contribution is 2.32. The van der Waals surface area contributed by atoms with Gasteiger partial charge < -0.3 is 19.6 Å². The Morgan fingerprint density at radius 3 is 2.24 bits per heavy atom. The number of aromatic nitrogens is 1. The molecule has 4 rings (SSSR count). The van der Waals surface area contributed by atoms with Crippen LogP contribution in [0.4, 0.5) is 13.2 Å². The van der Waals surface area contributed by atoms with Crippen molar-refractivity contribution in [3.63, 3.8) is 0 Å². The monoisotopic (exact) mass is 641 g/mol. The van der Waals surface area contributed by atoms with Crippen LogP contribution in [0, 0.1) is 0 Å². The summed E-state index contributed by atoms with van der Waals surface area (Å²) in [5.74, 6) is -2.53. The lowest BCUT2D eigenvalue weighted by Crippen LogP contribution is -2.26. The molecule has 0 saturated carbocycles. The zero-order valence-corrected chi connectivity index (χ0v) is 22.2. The van der Waals surface area contributed by atoms with Gasteiger partial charge in [-0.15, -0.1) is 0 Å². The number of carbonyl (C=O) groups excluding carboxylic acids is 1. The minimum Gasteiger partial charge on any atom is -0.492 e. The van der Waals surface area contributed by atoms with Gasteiger partial charge in [0, 0.05) is 27.5 Å².